The summed E-state index contributed by atoms with van der Waals surface area (Å²) in [6.45, 7) is 1.29. The first-order valence-electron chi connectivity index (χ1n) is 7.94. The lowest BCUT2D eigenvalue weighted by Gasteiger charge is -2.09. The minimum atomic E-state index is -0.538. The average molecular weight is 433 g/mol. The first-order valence-corrected chi connectivity index (χ1v) is 8.73. The Balaban J connectivity index is 1.86. The molecular weight excluding hydrogens is 415 g/mol. The fourth-order valence-corrected chi connectivity index (χ4v) is 2.71. The number of pyridine rings is 2. The van der Waals surface area contributed by atoms with Gasteiger partial charge >= 0.3 is 11.9 Å². The molecule has 27 heavy (non-hydrogen) atoms. The zero-order valence-corrected chi connectivity index (χ0v) is 16.5. The number of esters is 2. The second-order valence-electron chi connectivity index (χ2n) is 5.45. The van der Waals surface area contributed by atoms with E-state index in [1.165, 1.54) is 20.3 Å². The Hall–Kier alpha value is -2.30. The van der Waals surface area contributed by atoms with E-state index in [1.54, 1.807) is 12.1 Å². The number of ether oxygens (including phenoxy) is 2. The van der Waals surface area contributed by atoms with Crippen LogP contribution in [0.1, 0.15) is 32.4 Å². The third-order valence-corrected chi connectivity index (χ3v) is 3.85. The molecule has 140 valence electrons. The van der Waals surface area contributed by atoms with Gasteiger partial charge in [-0.1, -0.05) is 21.4 Å². The summed E-state index contributed by atoms with van der Waals surface area (Å²) in [5, 5.41) is 6.28. The van der Waals surface area contributed by atoms with E-state index in [0.29, 0.717) is 36.6 Å². The highest BCUT2D eigenvalue weighted by atomic mass is 79.9. The Morgan fingerprint density at radius 1 is 0.963 bits per heavy atom. The Bertz CT molecular complexity index is 767. The Kier molecular flexibility index (Phi) is 7.90. The molecule has 8 nitrogen and oxygen atoms in total. The first-order chi connectivity index (χ1) is 12.9. The summed E-state index contributed by atoms with van der Waals surface area (Å²) in [4.78, 5) is 31.6. The summed E-state index contributed by atoms with van der Waals surface area (Å²) in [5.74, 6) is -1.03. The van der Waals surface area contributed by atoms with E-state index in [-0.39, 0.29) is 11.4 Å². The van der Waals surface area contributed by atoms with Gasteiger partial charge in [0.2, 0.25) is 0 Å². The van der Waals surface area contributed by atoms with Crippen LogP contribution in [0.15, 0.2) is 28.7 Å². The van der Waals surface area contributed by atoms with Crippen LogP contribution >= 0.6 is 15.9 Å². The minimum absolute atomic E-state index is 0.163. The van der Waals surface area contributed by atoms with Crippen molar-refractivity contribution in [2.24, 2.45) is 0 Å². The third kappa shape index (κ3) is 6.42. The predicted octanol–water partition coefficient (Wildman–Crippen LogP) is 0.443. The van der Waals surface area contributed by atoms with Crippen LogP contribution < -0.4 is 16.1 Å². The summed E-state index contributed by atoms with van der Waals surface area (Å²) >= 11 is 3.35. The summed E-state index contributed by atoms with van der Waals surface area (Å²) in [6.07, 6.45) is 0. The molecule has 0 saturated carbocycles. The highest BCUT2D eigenvalue weighted by Gasteiger charge is 2.10. The molecule has 0 saturated heterocycles. The molecule has 2 aromatic rings. The molecule has 0 aliphatic carbocycles. The van der Waals surface area contributed by atoms with E-state index in [4.69, 9.17) is 7.85 Å². The number of halogens is 1. The van der Waals surface area contributed by atoms with Crippen LogP contribution in [0.25, 0.3) is 0 Å². The van der Waals surface area contributed by atoms with Crippen molar-refractivity contribution in [2.75, 3.05) is 20.9 Å². The number of rotatable bonds is 8. The van der Waals surface area contributed by atoms with Gasteiger partial charge in [0.15, 0.2) is 0 Å². The SMILES string of the molecule is [B]c1cc(CNCNCc2cc(Br)cc(C(=O)OC)n2)nc(C(=O)OC)c1. The summed E-state index contributed by atoms with van der Waals surface area (Å²) in [6, 6.07) is 6.54. The molecule has 0 aliphatic rings. The van der Waals surface area contributed by atoms with Crippen molar-refractivity contribution in [2.45, 2.75) is 13.1 Å². The Labute approximate surface area is 166 Å². The molecule has 0 fully saturated rings. The third-order valence-electron chi connectivity index (χ3n) is 3.40. The van der Waals surface area contributed by atoms with E-state index >= 15 is 0 Å². The number of nitrogens with zero attached hydrogens (tertiary/aromatic N) is 2. The zero-order chi connectivity index (χ0) is 19.8. The number of aromatic nitrogens is 2. The number of carbonyl (C=O) groups is 2. The van der Waals surface area contributed by atoms with Crippen LogP contribution in [0.5, 0.6) is 0 Å². The van der Waals surface area contributed by atoms with Gasteiger partial charge in [0.1, 0.15) is 19.2 Å². The summed E-state index contributed by atoms with van der Waals surface area (Å²) in [5.41, 5.74) is 2.13. The molecule has 2 heterocycles. The van der Waals surface area contributed by atoms with Gasteiger partial charge < -0.3 is 9.47 Å². The summed E-state index contributed by atoms with van der Waals surface area (Å²) in [7, 11) is 8.38. The lowest BCUT2D eigenvalue weighted by Crippen LogP contribution is -2.29. The maximum atomic E-state index is 11.6. The molecule has 2 aromatic heterocycles. The van der Waals surface area contributed by atoms with Crippen molar-refractivity contribution < 1.29 is 19.1 Å². The molecule has 0 aromatic carbocycles. The lowest BCUT2D eigenvalue weighted by atomic mass is 9.95. The van der Waals surface area contributed by atoms with Crippen LogP contribution in [-0.4, -0.2) is 50.6 Å². The van der Waals surface area contributed by atoms with Crippen molar-refractivity contribution in [1.82, 2.24) is 20.6 Å². The van der Waals surface area contributed by atoms with Gasteiger partial charge in [-0.3, -0.25) is 10.6 Å². The van der Waals surface area contributed by atoms with Crippen LogP contribution in [0, 0.1) is 0 Å². The number of hydrogen-bond donors (Lipinski definition) is 2. The van der Waals surface area contributed by atoms with Crippen molar-refractivity contribution in [3.63, 3.8) is 0 Å². The molecule has 10 heteroatoms. The zero-order valence-electron chi connectivity index (χ0n) is 14.9. The highest BCUT2D eigenvalue weighted by Crippen LogP contribution is 2.13. The topological polar surface area (TPSA) is 102 Å². The van der Waals surface area contributed by atoms with Crippen molar-refractivity contribution in [3.8, 4) is 0 Å². The van der Waals surface area contributed by atoms with E-state index < -0.39 is 11.9 Å². The van der Waals surface area contributed by atoms with Crippen molar-refractivity contribution in [3.05, 3.63) is 51.5 Å². The molecular formula is C17H18BBrN4O4. The van der Waals surface area contributed by atoms with Gasteiger partial charge in [-0.2, -0.15) is 0 Å². The van der Waals surface area contributed by atoms with Crippen LogP contribution in [0.2, 0.25) is 0 Å². The first kappa shape index (κ1) is 21.0. The molecule has 2 N–H and O–H groups in total. The molecule has 2 radical (unpaired) electrons. The second kappa shape index (κ2) is 10.1. The Morgan fingerprint density at radius 3 is 2.04 bits per heavy atom. The molecule has 0 unspecified atom stereocenters. The van der Waals surface area contributed by atoms with Gasteiger partial charge in [-0.15, -0.1) is 0 Å². The summed E-state index contributed by atoms with van der Waals surface area (Å²) < 4.78 is 10.1. The van der Waals surface area contributed by atoms with Crippen molar-refractivity contribution in [1.29, 1.82) is 0 Å². The molecule has 0 spiro atoms. The van der Waals surface area contributed by atoms with Gasteiger partial charge in [0, 0.05) is 24.2 Å². The van der Waals surface area contributed by atoms with Crippen molar-refractivity contribution >= 4 is 41.2 Å². The number of methoxy groups -OCH3 is 2. The van der Waals surface area contributed by atoms with Gasteiger partial charge in [-0.05, 0) is 24.3 Å². The van der Waals surface area contributed by atoms with E-state index in [9.17, 15) is 9.59 Å². The van der Waals surface area contributed by atoms with E-state index in [1.807, 2.05) is 6.07 Å². The largest absolute Gasteiger partial charge is 0.464 e. The molecule has 0 amide bonds. The van der Waals surface area contributed by atoms with Crippen LogP contribution in [0.4, 0.5) is 0 Å². The van der Waals surface area contributed by atoms with Crippen LogP contribution in [-0.2, 0) is 22.6 Å². The smallest absolute Gasteiger partial charge is 0.356 e. The highest BCUT2D eigenvalue weighted by molar-refractivity contribution is 9.10. The normalized spacial score (nSPS) is 10.5. The van der Waals surface area contributed by atoms with Gasteiger partial charge in [0.25, 0.3) is 0 Å². The van der Waals surface area contributed by atoms with E-state index in [0.717, 1.165) is 4.47 Å². The molecule has 0 atom stereocenters. The standard InChI is InChI=1S/C17H18BBrN4O4/c1-26-16(24)14-4-10(18)3-12(22-14)7-20-9-21-8-13-5-11(19)6-15(23-13)17(25)27-2/h3-6,20-21H,7-9H2,1-2H3. The van der Waals surface area contributed by atoms with Gasteiger partial charge in [0.05, 0.1) is 25.6 Å². The average Bonchev–Trinajstić information content (AvgIpc) is 2.65. The molecule has 0 bridgehead atoms. The fourth-order valence-electron chi connectivity index (χ4n) is 2.23. The van der Waals surface area contributed by atoms with Gasteiger partial charge in [-0.25, -0.2) is 19.6 Å². The maximum Gasteiger partial charge on any atom is 0.356 e. The monoisotopic (exact) mass is 432 g/mol. The molecule has 0 aliphatic heterocycles. The minimum Gasteiger partial charge on any atom is -0.464 e. The maximum absolute atomic E-state index is 11.6. The quantitative estimate of drug-likeness (QED) is 0.268. The van der Waals surface area contributed by atoms with Crippen LogP contribution in [0.3, 0.4) is 0 Å². The predicted molar refractivity (Wildman–Crippen MR) is 103 cm³/mol. The Morgan fingerprint density at radius 2 is 1.48 bits per heavy atom. The number of nitrogens with one attached hydrogen (secondary N) is 2. The lowest BCUT2D eigenvalue weighted by molar-refractivity contribution is 0.0585. The van der Waals surface area contributed by atoms with E-state index in [2.05, 4.69) is 46.0 Å². The fraction of sp³-hybridized carbons (Fsp3) is 0.294. The number of hydrogen-bond acceptors (Lipinski definition) is 8. The number of carbonyl (C=O) groups excluding carboxylic acids is 2. The second-order valence-corrected chi connectivity index (χ2v) is 6.37. The molecule has 2 rings (SSSR count).